The van der Waals surface area contributed by atoms with E-state index < -0.39 is 5.97 Å². The molecule has 2 aromatic carbocycles. The molecule has 0 bridgehead atoms. The molecule has 3 rings (SSSR count). The highest BCUT2D eigenvalue weighted by molar-refractivity contribution is 5.90. The summed E-state index contributed by atoms with van der Waals surface area (Å²) in [6, 6.07) is 16.1. The van der Waals surface area contributed by atoms with E-state index in [0.717, 1.165) is 6.61 Å². The van der Waals surface area contributed by atoms with Crippen molar-refractivity contribution in [3.8, 4) is 5.75 Å². The number of aromatic carboxylic acids is 1. The second kappa shape index (κ2) is 6.02. The highest BCUT2D eigenvalue weighted by atomic mass is 16.6. The van der Waals surface area contributed by atoms with Crippen LogP contribution in [0.3, 0.4) is 0 Å². The predicted molar refractivity (Wildman–Crippen MR) is 70.2 cm³/mol. The fourth-order valence-corrected chi connectivity index (χ4v) is 1.56. The summed E-state index contributed by atoms with van der Waals surface area (Å²) in [5.74, 6) is -1.31. The molecule has 1 atom stereocenters. The van der Waals surface area contributed by atoms with Crippen LogP contribution in [0.4, 0.5) is 0 Å². The van der Waals surface area contributed by atoms with Gasteiger partial charge >= 0.3 is 5.97 Å². The third-order valence-corrected chi connectivity index (χ3v) is 2.64. The van der Waals surface area contributed by atoms with Gasteiger partial charge in [0.05, 0.1) is 6.61 Å². The van der Waals surface area contributed by atoms with Crippen LogP contribution in [0.5, 0.6) is 5.75 Å². The van der Waals surface area contributed by atoms with Crippen LogP contribution in [-0.4, -0.2) is 22.8 Å². The number of para-hydroxylation sites is 1. The molecule has 19 heavy (non-hydrogen) atoms. The van der Waals surface area contributed by atoms with Gasteiger partial charge < -0.3 is 14.9 Å². The first-order valence-electron chi connectivity index (χ1n) is 5.86. The van der Waals surface area contributed by atoms with Gasteiger partial charge in [-0.1, -0.05) is 42.5 Å². The topological polar surface area (TPSA) is 70.1 Å². The van der Waals surface area contributed by atoms with Crippen LogP contribution in [0, 0.1) is 0 Å². The molecule has 0 aromatic heterocycles. The van der Waals surface area contributed by atoms with E-state index in [1.54, 1.807) is 12.1 Å². The van der Waals surface area contributed by atoms with E-state index in [9.17, 15) is 4.79 Å². The van der Waals surface area contributed by atoms with Gasteiger partial charge in [-0.05, 0) is 17.7 Å². The average Bonchev–Trinajstić information content (AvgIpc) is 3.25. The zero-order valence-electron chi connectivity index (χ0n) is 10.2. The highest BCUT2D eigenvalue weighted by Crippen LogP contribution is 2.28. The predicted octanol–water partition coefficient (Wildman–Crippen LogP) is 2.85. The van der Waals surface area contributed by atoms with Crippen LogP contribution in [-0.2, 0) is 4.74 Å². The molecule has 0 amide bonds. The van der Waals surface area contributed by atoms with Crippen molar-refractivity contribution in [2.75, 3.05) is 6.61 Å². The normalized spacial score (nSPS) is 16.1. The molecule has 1 aliphatic heterocycles. The van der Waals surface area contributed by atoms with E-state index in [4.69, 9.17) is 14.9 Å². The molecule has 2 aromatic rings. The van der Waals surface area contributed by atoms with E-state index in [2.05, 4.69) is 12.1 Å². The first-order valence-corrected chi connectivity index (χ1v) is 5.86. The average molecular weight is 258 g/mol. The minimum Gasteiger partial charge on any atom is -0.507 e. The van der Waals surface area contributed by atoms with Crippen LogP contribution in [0.15, 0.2) is 54.6 Å². The summed E-state index contributed by atoms with van der Waals surface area (Å²) in [7, 11) is 0. The largest absolute Gasteiger partial charge is 0.507 e. The van der Waals surface area contributed by atoms with E-state index >= 15 is 0 Å². The Bertz CT molecular complexity index is 547. The molecule has 0 saturated carbocycles. The van der Waals surface area contributed by atoms with E-state index in [-0.39, 0.29) is 11.3 Å². The maximum Gasteiger partial charge on any atom is 0.339 e. The Morgan fingerprint density at radius 1 is 1.05 bits per heavy atom. The summed E-state index contributed by atoms with van der Waals surface area (Å²) in [6.07, 6.45) is 0.409. The molecular weight excluding hydrogens is 244 g/mol. The second-order valence-electron chi connectivity index (χ2n) is 4.05. The molecule has 1 unspecified atom stereocenters. The lowest BCUT2D eigenvalue weighted by Crippen LogP contribution is -1.95. The Morgan fingerprint density at radius 2 is 1.63 bits per heavy atom. The van der Waals surface area contributed by atoms with Crippen molar-refractivity contribution < 1.29 is 19.7 Å². The minimum atomic E-state index is -1.11. The number of ether oxygens (including phenoxy) is 1. The number of hydrogen-bond donors (Lipinski definition) is 2. The summed E-state index contributed by atoms with van der Waals surface area (Å²) >= 11 is 0. The first-order chi connectivity index (χ1) is 9.18. The van der Waals surface area contributed by atoms with E-state index in [1.807, 2.05) is 18.2 Å². The lowest BCUT2D eigenvalue weighted by atomic mass is 10.2. The SMILES string of the molecule is O=C(O)c1ccccc1O.c1ccc(C2CO2)cc1. The minimum absolute atomic E-state index is 0.0671. The van der Waals surface area contributed by atoms with E-state index in [0.29, 0.717) is 6.10 Å². The fraction of sp³-hybridized carbons (Fsp3) is 0.133. The molecule has 1 fully saturated rings. The molecule has 0 radical (unpaired) electrons. The fourth-order valence-electron chi connectivity index (χ4n) is 1.56. The molecule has 0 aliphatic carbocycles. The Hall–Kier alpha value is -2.33. The molecule has 4 heteroatoms. The molecular formula is C15H14O4. The van der Waals surface area contributed by atoms with Gasteiger partial charge in [0.1, 0.15) is 17.4 Å². The Labute approximate surface area is 110 Å². The van der Waals surface area contributed by atoms with Gasteiger partial charge in [0, 0.05) is 0 Å². The maximum atomic E-state index is 10.3. The molecule has 0 spiro atoms. The lowest BCUT2D eigenvalue weighted by molar-refractivity contribution is 0.0693. The Morgan fingerprint density at radius 3 is 2.11 bits per heavy atom. The zero-order valence-corrected chi connectivity index (χ0v) is 10.2. The molecule has 98 valence electrons. The van der Waals surface area contributed by atoms with Crippen molar-refractivity contribution in [3.63, 3.8) is 0 Å². The van der Waals surface area contributed by atoms with Crippen molar-refractivity contribution >= 4 is 5.97 Å². The van der Waals surface area contributed by atoms with Crippen molar-refractivity contribution in [2.45, 2.75) is 6.10 Å². The molecule has 4 nitrogen and oxygen atoms in total. The van der Waals surface area contributed by atoms with Gasteiger partial charge in [0.15, 0.2) is 0 Å². The number of hydrogen-bond acceptors (Lipinski definition) is 3. The number of epoxide rings is 1. The zero-order chi connectivity index (χ0) is 13.7. The van der Waals surface area contributed by atoms with Crippen LogP contribution >= 0.6 is 0 Å². The molecule has 1 heterocycles. The van der Waals surface area contributed by atoms with Gasteiger partial charge in [-0.15, -0.1) is 0 Å². The van der Waals surface area contributed by atoms with Crippen molar-refractivity contribution in [1.82, 2.24) is 0 Å². The number of benzene rings is 2. The number of phenols is 1. The Balaban J connectivity index is 0.000000141. The summed E-state index contributed by atoms with van der Waals surface area (Å²) in [4.78, 5) is 10.3. The number of carboxylic acid groups (broad SMARTS) is 1. The summed E-state index contributed by atoms with van der Waals surface area (Å²) in [5.41, 5.74) is 1.24. The van der Waals surface area contributed by atoms with Crippen LogP contribution in [0.1, 0.15) is 22.0 Å². The summed E-state index contributed by atoms with van der Waals surface area (Å²) in [5, 5.41) is 17.3. The van der Waals surface area contributed by atoms with Crippen molar-refractivity contribution in [1.29, 1.82) is 0 Å². The molecule has 1 aliphatic rings. The monoisotopic (exact) mass is 258 g/mol. The smallest absolute Gasteiger partial charge is 0.339 e. The van der Waals surface area contributed by atoms with Gasteiger partial charge in [0.2, 0.25) is 0 Å². The number of aromatic hydroxyl groups is 1. The Kier molecular flexibility index (Phi) is 4.15. The quantitative estimate of drug-likeness (QED) is 0.812. The standard InChI is InChI=1S/C8H8O.C7H6O3/c1-2-4-7(5-3-1)8-6-9-8;8-6-4-2-1-3-5(6)7(9)10/h1-5,8H,6H2;1-4,8H,(H,9,10). The molecule has 1 saturated heterocycles. The van der Waals surface area contributed by atoms with Crippen molar-refractivity contribution in [3.05, 3.63) is 65.7 Å². The maximum absolute atomic E-state index is 10.3. The number of rotatable bonds is 2. The summed E-state index contributed by atoms with van der Waals surface area (Å²) < 4.78 is 5.09. The van der Waals surface area contributed by atoms with Gasteiger partial charge in [-0.25, -0.2) is 4.79 Å². The second-order valence-corrected chi connectivity index (χ2v) is 4.05. The summed E-state index contributed by atoms with van der Waals surface area (Å²) in [6.45, 7) is 0.907. The van der Waals surface area contributed by atoms with Crippen molar-refractivity contribution in [2.24, 2.45) is 0 Å². The van der Waals surface area contributed by atoms with Gasteiger partial charge in [0.25, 0.3) is 0 Å². The molecule has 2 N–H and O–H groups in total. The first kappa shape index (κ1) is 13.1. The number of carbonyl (C=O) groups is 1. The number of carboxylic acids is 1. The third kappa shape index (κ3) is 3.82. The van der Waals surface area contributed by atoms with Crippen LogP contribution < -0.4 is 0 Å². The van der Waals surface area contributed by atoms with Gasteiger partial charge in [-0.3, -0.25) is 0 Å². The lowest BCUT2D eigenvalue weighted by Gasteiger charge is -1.95. The van der Waals surface area contributed by atoms with Crippen LogP contribution in [0.2, 0.25) is 0 Å². The van der Waals surface area contributed by atoms with Gasteiger partial charge in [-0.2, -0.15) is 0 Å². The van der Waals surface area contributed by atoms with E-state index in [1.165, 1.54) is 17.7 Å². The highest BCUT2D eigenvalue weighted by Gasteiger charge is 2.23. The third-order valence-electron chi connectivity index (χ3n) is 2.64. The van der Waals surface area contributed by atoms with Crippen LogP contribution in [0.25, 0.3) is 0 Å².